The maximum Gasteiger partial charge on any atom is 0.408 e. The maximum atomic E-state index is 12.2. The molecule has 0 aliphatic carbocycles. The molecule has 0 aliphatic rings. The van der Waals surface area contributed by atoms with Crippen molar-refractivity contribution >= 4 is 23.0 Å². The van der Waals surface area contributed by atoms with Gasteiger partial charge < -0.3 is 19.6 Å². The van der Waals surface area contributed by atoms with Gasteiger partial charge in [-0.15, -0.1) is 0 Å². The summed E-state index contributed by atoms with van der Waals surface area (Å²) in [5.41, 5.74) is 3.53. The molecule has 6 nitrogen and oxygen atoms in total. The first-order chi connectivity index (χ1) is 15.6. The quantitative estimate of drug-likeness (QED) is 0.414. The minimum atomic E-state index is -1.11. The average molecular weight is 429 g/mol. The summed E-state index contributed by atoms with van der Waals surface area (Å²) in [6.07, 6.45) is 0.100. The summed E-state index contributed by atoms with van der Waals surface area (Å²) in [7, 11) is 0. The Morgan fingerprint density at radius 2 is 1.56 bits per heavy atom. The zero-order chi connectivity index (χ0) is 22.3. The highest BCUT2D eigenvalue weighted by Crippen LogP contribution is 2.23. The van der Waals surface area contributed by atoms with Gasteiger partial charge in [-0.05, 0) is 34.9 Å². The minimum Gasteiger partial charge on any atom is -0.480 e. The number of carboxylic acid groups (broad SMARTS) is 1. The number of carboxylic acids is 1. The van der Waals surface area contributed by atoms with Crippen LogP contribution in [0.25, 0.3) is 11.0 Å². The smallest absolute Gasteiger partial charge is 0.408 e. The molecule has 1 amide bonds. The molecule has 4 rings (SSSR count). The monoisotopic (exact) mass is 429 g/mol. The third kappa shape index (κ3) is 5.55. The van der Waals surface area contributed by atoms with Gasteiger partial charge in [0.25, 0.3) is 0 Å². The molecule has 4 aromatic rings. The summed E-state index contributed by atoms with van der Waals surface area (Å²) < 4.78 is 11.2. The summed E-state index contributed by atoms with van der Waals surface area (Å²) >= 11 is 0. The molecule has 0 unspecified atom stereocenters. The summed E-state index contributed by atoms with van der Waals surface area (Å²) in [4.78, 5) is 23.7. The van der Waals surface area contributed by atoms with Crippen molar-refractivity contribution in [3.63, 3.8) is 0 Å². The lowest BCUT2D eigenvalue weighted by Gasteiger charge is -2.14. The highest BCUT2D eigenvalue weighted by Gasteiger charge is 2.21. The Balaban J connectivity index is 1.35. The second-order valence-electron chi connectivity index (χ2n) is 7.55. The lowest BCUT2D eigenvalue weighted by atomic mass is 10.1. The van der Waals surface area contributed by atoms with Crippen molar-refractivity contribution in [3.05, 3.63) is 107 Å². The summed E-state index contributed by atoms with van der Waals surface area (Å²) in [6, 6.07) is 25.7. The highest BCUT2D eigenvalue weighted by atomic mass is 16.5. The Morgan fingerprint density at radius 3 is 2.25 bits per heavy atom. The molecular weight excluding hydrogens is 406 g/mol. The van der Waals surface area contributed by atoms with Gasteiger partial charge in [0.05, 0.1) is 0 Å². The topological polar surface area (TPSA) is 88.8 Å². The van der Waals surface area contributed by atoms with Crippen LogP contribution in [0.2, 0.25) is 0 Å². The van der Waals surface area contributed by atoms with Gasteiger partial charge >= 0.3 is 12.1 Å². The van der Waals surface area contributed by atoms with Crippen LogP contribution in [0.1, 0.15) is 22.5 Å². The van der Waals surface area contributed by atoms with Crippen LogP contribution >= 0.6 is 0 Å². The third-order valence-corrected chi connectivity index (χ3v) is 5.10. The lowest BCUT2D eigenvalue weighted by Crippen LogP contribution is -2.42. The molecule has 2 N–H and O–H groups in total. The molecule has 32 heavy (non-hydrogen) atoms. The van der Waals surface area contributed by atoms with Crippen LogP contribution in [0.15, 0.2) is 89.3 Å². The number of carbonyl (C=O) groups is 2. The van der Waals surface area contributed by atoms with Crippen molar-refractivity contribution < 1.29 is 23.8 Å². The number of rotatable bonds is 8. The molecule has 0 radical (unpaired) electrons. The van der Waals surface area contributed by atoms with Crippen molar-refractivity contribution in [1.82, 2.24) is 5.32 Å². The van der Waals surface area contributed by atoms with E-state index in [4.69, 9.17) is 9.15 Å². The van der Waals surface area contributed by atoms with Crippen LogP contribution in [0, 0.1) is 0 Å². The molecule has 6 heteroatoms. The number of ether oxygens (including phenoxy) is 1. The number of furan rings is 1. The van der Waals surface area contributed by atoms with Crippen molar-refractivity contribution in [3.8, 4) is 0 Å². The van der Waals surface area contributed by atoms with E-state index in [1.54, 1.807) is 0 Å². The van der Waals surface area contributed by atoms with Gasteiger partial charge in [0.1, 0.15) is 24.0 Å². The minimum absolute atomic E-state index is 0.0264. The molecule has 0 saturated heterocycles. The number of amides is 1. The molecule has 1 heterocycles. The number of alkyl carbamates (subject to hydrolysis) is 1. The van der Waals surface area contributed by atoms with Crippen LogP contribution in [0.4, 0.5) is 4.79 Å². The Hall–Kier alpha value is -4.06. The van der Waals surface area contributed by atoms with Crippen LogP contribution in [0.3, 0.4) is 0 Å². The fraction of sp³-hybridized carbons (Fsp3) is 0.154. The molecule has 0 saturated carbocycles. The molecule has 1 atom stereocenters. The van der Waals surface area contributed by atoms with Gasteiger partial charge in [-0.25, -0.2) is 9.59 Å². The first-order valence-corrected chi connectivity index (χ1v) is 10.3. The standard InChI is InChI=1S/C26H23NO5/c28-25(29)23(15-19-9-5-2-6-10-19)27-26(30)31-17-20-11-12-24-21(13-20)16-22(32-24)14-18-7-3-1-4-8-18/h1-13,16,23H,14-15,17H2,(H,27,30)(H,28,29)/t23-/m1/s1. The van der Waals surface area contributed by atoms with Gasteiger partial charge in [0.15, 0.2) is 0 Å². The molecule has 3 aromatic carbocycles. The van der Waals surface area contributed by atoms with Crippen molar-refractivity contribution in [2.75, 3.05) is 0 Å². The number of fused-ring (bicyclic) bond motifs is 1. The number of hydrogen-bond acceptors (Lipinski definition) is 4. The van der Waals surface area contributed by atoms with E-state index < -0.39 is 18.1 Å². The summed E-state index contributed by atoms with van der Waals surface area (Å²) in [5, 5.41) is 12.8. The molecule has 0 aliphatic heterocycles. The van der Waals surface area contributed by atoms with E-state index in [0.717, 1.165) is 33.4 Å². The third-order valence-electron chi connectivity index (χ3n) is 5.10. The number of nitrogens with one attached hydrogen (secondary N) is 1. The summed E-state index contributed by atoms with van der Waals surface area (Å²) in [6.45, 7) is 0.0264. The predicted octanol–water partition coefficient (Wildman–Crippen LogP) is 4.95. The Bertz CT molecular complexity index is 1200. The number of hydrogen-bond donors (Lipinski definition) is 2. The highest BCUT2D eigenvalue weighted by molar-refractivity contribution is 5.81. The predicted molar refractivity (Wildman–Crippen MR) is 120 cm³/mol. The number of carbonyl (C=O) groups excluding carboxylic acids is 1. The average Bonchev–Trinajstić information content (AvgIpc) is 3.20. The number of benzene rings is 3. The SMILES string of the molecule is O=C(N[C@H](Cc1ccccc1)C(=O)O)OCc1ccc2oc(Cc3ccccc3)cc2c1. The first-order valence-electron chi connectivity index (χ1n) is 10.3. The van der Waals surface area contributed by atoms with E-state index in [1.807, 2.05) is 84.9 Å². The van der Waals surface area contributed by atoms with Crippen LogP contribution in [0.5, 0.6) is 0 Å². The van der Waals surface area contributed by atoms with Crippen molar-refractivity contribution in [1.29, 1.82) is 0 Å². The van der Waals surface area contributed by atoms with Gasteiger partial charge in [0.2, 0.25) is 0 Å². The van der Waals surface area contributed by atoms with Gasteiger partial charge in [0, 0.05) is 18.2 Å². The first kappa shape index (κ1) is 21.2. The Labute approximate surface area is 185 Å². The Kier molecular flexibility index (Phi) is 6.51. The van der Waals surface area contributed by atoms with E-state index >= 15 is 0 Å². The van der Waals surface area contributed by atoms with E-state index in [2.05, 4.69) is 5.32 Å². The molecular formula is C26H23NO5. The van der Waals surface area contributed by atoms with Gasteiger partial charge in [-0.2, -0.15) is 0 Å². The van der Waals surface area contributed by atoms with Gasteiger partial charge in [-0.1, -0.05) is 66.7 Å². The zero-order valence-corrected chi connectivity index (χ0v) is 17.4. The van der Waals surface area contributed by atoms with Crippen LogP contribution in [-0.4, -0.2) is 23.2 Å². The van der Waals surface area contributed by atoms with E-state index in [9.17, 15) is 14.7 Å². The second kappa shape index (κ2) is 9.83. The van der Waals surface area contributed by atoms with Crippen LogP contribution in [-0.2, 0) is 29.0 Å². The molecule has 0 bridgehead atoms. The fourth-order valence-corrected chi connectivity index (χ4v) is 3.50. The number of aliphatic carboxylic acids is 1. The Morgan fingerprint density at radius 1 is 0.875 bits per heavy atom. The normalized spacial score (nSPS) is 11.8. The van der Waals surface area contributed by atoms with E-state index in [-0.39, 0.29) is 13.0 Å². The molecule has 162 valence electrons. The maximum absolute atomic E-state index is 12.2. The van der Waals surface area contributed by atoms with E-state index in [1.165, 1.54) is 0 Å². The summed E-state index contributed by atoms with van der Waals surface area (Å²) in [5.74, 6) is -0.260. The second-order valence-corrected chi connectivity index (χ2v) is 7.55. The van der Waals surface area contributed by atoms with E-state index in [0.29, 0.717) is 6.42 Å². The molecule has 0 fully saturated rings. The lowest BCUT2D eigenvalue weighted by molar-refractivity contribution is -0.139. The zero-order valence-electron chi connectivity index (χ0n) is 17.4. The van der Waals surface area contributed by atoms with Crippen molar-refractivity contribution in [2.24, 2.45) is 0 Å². The molecule has 1 aromatic heterocycles. The fourth-order valence-electron chi connectivity index (χ4n) is 3.50. The molecule has 0 spiro atoms. The van der Waals surface area contributed by atoms with Gasteiger partial charge in [-0.3, -0.25) is 0 Å². The largest absolute Gasteiger partial charge is 0.480 e. The van der Waals surface area contributed by atoms with Crippen LogP contribution < -0.4 is 5.32 Å². The van der Waals surface area contributed by atoms with Crippen molar-refractivity contribution in [2.45, 2.75) is 25.5 Å².